The summed E-state index contributed by atoms with van der Waals surface area (Å²) < 4.78 is 6.11. The van der Waals surface area contributed by atoms with Crippen LogP contribution in [-0.4, -0.2) is 3.71 Å². The molecule has 0 atom stereocenters. The number of aryl methyl sites for hydroxylation is 1. The molecule has 0 aromatic heterocycles. The Balaban J connectivity index is 0.00000132. The van der Waals surface area contributed by atoms with Crippen LogP contribution in [0.1, 0.15) is 37.8 Å². The second kappa shape index (κ2) is 9.12. The molecule has 3 rings (SSSR count). The van der Waals surface area contributed by atoms with E-state index >= 15 is 0 Å². The minimum atomic E-state index is -1.85. The van der Waals surface area contributed by atoms with E-state index in [0.717, 1.165) is 0 Å². The van der Waals surface area contributed by atoms with Crippen molar-refractivity contribution in [1.82, 2.24) is 0 Å². The summed E-state index contributed by atoms with van der Waals surface area (Å²) in [6, 6.07) is 8.81. The average Bonchev–Trinajstić information content (AvgIpc) is 3.09. The van der Waals surface area contributed by atoms with Crippen molar-refractivity contribution in [1.29, 1.82) is 0 Å². The summed E-state index contributed by atoms with van der Waals surface area (Å²) in [5.41, 5.74) is 5.91. The van der Waals surface area contributed by atoms with Gasteiger partial charge in [0, 0.05) is 0 Å². The molecule has 0 N–H and O–H groups in total. The van der Waals surface area contributed by atoms with Gasteiger partial charge in [0.15, 0.2) is 0 Å². The molecule has 0 fully saturated rings. The van der Waals surface area contributed by atoms with Crippen LogP contribution in [0.15, 0.2) is 66.3 Å². The maximum absolute atomic E-state index is 2.65. The second-order valence-electron chi connectivity index (χ2n) is 6.05. The largest absolute Gasteiger partial charge is 1.00 e. The van der Waals surface area contributed by atoms with Gasteiger partial charge in [-0.3, -0.25) is 0 Å². The average molecular weight is 425 g/mol. The normalized spacial score (nSPS) is 16.0. The standard InChI is InChI=1S/C8H8.C7H9.C5H5.2ClH.Zr/c1-7-5-3-4-6-8(7)2;1-6-4-3-5-7(6)2;1-2-4-5-3-1;;;/h1,3-6H,2H3;4H,5H2,1-2H3;1-3H,4H2;2*1H;/q;;;;;+2/p-2. The first-order chi connectivity index (χ1) is 10.1. The fraction of sp³-hybridized carbons (Fsp3) is 0.250. The van der Waals surface area contributed by atoms with Crippen LogP contribution in [0.2, 0.25) is 0 Å². The molecule has 0 bridgehead atoms. The van der Waals surface area contributed by atoms with Crippen molar-refractivity contribution in [2.24, 2.45) is 0 Å². The van der Waals surface area contributed by atoms with Gasteiger partial charge in [-0.05, 0) is 0 Å². The zero-order chi connectivity index (χ0) is 14.8. The van der Waals surface area contributed by atoms with E-state index in [1.807, 2.05) is 0 Å². The molecule has 0 spiro atoms. The van der Waals surface area contributed by atoms with E-state index < -0.39 is 21.3 Å². The van der Waals surface area contributed by atoms with Gasteiger partial charge in [0.2, 0.25) is 0 Å². The zero-order valence-electron chi connectivity index (χ0n) is 13.9. The van der Waals surface area contributed by atoms with Crippen LogP contribution in [0, 0.1) is 6.92 Å². The van der Waals surface area contributed by atoms with E-state index in [0.29, 0.717) is 0 Å². The molecule has 2 aliphatic rings. The molecular formula is C20H22Cl2Zr. The molecule has 0 amide bonds. The first-order valence-corrected chi connectivity index (χ1v) is 11.5. The van der Waals surface area contributed by atoms with E-state index in [2.05, 4.69) is 73.0 Å². The van der Waals surface area contributed by atoms with Crippen LogP contribution in [0.5, 0.6) is 0 Å². The summed E-state index contributed by atoms with van der Waals surface area (Å²) in [5.74, 6) is 0. The van der Waals surface area contributed by atoms with Crippen LogP contribution in [0.4, 0.5) is 0 Å². The third-order valence-electron chi connectivity index (χ3n) is 4.47. The van der Waals surface area contributed by atoms with Gasteiger partial charge >= 0.3 is 136 Å². The van der Waals surface area contributed by atoms with Gasteiger partial charge in [0.05, 0.1) is 0 Å². The summed E-state index contributed by atoms with van der Waals surface area (Å²) in [5, 5.41) is 0. The maximum atomic E-state index is 2.65. The zero-order valence-corrected chi connectivity index (χ0v) is 17.8. The van der Waals surface area contributed by atoms with Gasteiger partial charge in [0.1, 0.15) is 0 Å². The van der Waals surface area contributed by atoms with Crippen LogP contribution < -0.4 is 24.8 Å². The molecule has 3 heteroatoms. The molecule has 23 heavy (non-hydrogen) atoms. The number of allylic oxidation sites excluding steroid dienone is 8. The molecule has 0 unspecified atom stereocenters. The molecule has 2 aliphatic carbocycles. The topological polar surface area (TPSA) is 0 Å². The summed E-state index contributed by atoms with van der Waals surface area (Å²) in [4.78, 5) is 0. The summed E-state index contributed by atoms with van der Waals surface area (Å²) >= 11 is -1.85. The van der Waals surface area contributed by atoms with Crippen molar-refractivity contribution in [2.75, 3.05) is 0 Å². The Hall–Kier alpha value is -0.487. The van der Waals surface area contributed by atoms with Crippen molar-refractivity contribution in [2.45, 2.75) is 33.6 Å². The first-order valence-electron chi connectivity index (χ1n) is 7.66. The van der Waals surface area contributed by atoms with Crippen LogP contribution in [0.25, 0.3) is 0 Å². The molecule has 0 heterocycles. The quantitative estimate of drug-likeness (QED) is 0.599. The molecule has 1 aromatic carbocycles. The Bertz CT molecular complexity index is 734. The Labute approximate surface area is 160 Å². The predicted octanol–water partition coefficient (Wildman–Crippen LogP) is -0.761. The number of hydrogen-bond acceptors (Lipinski definition) is 0. The third-order valence-corrected chi connectivity index (χ3v) is 11.0. The monoisotopic (exact) mass is 422 g/mol. The molecule has 0 nitrogen and oxygen atoms in total. The van der Waals surface area contributed by atoms with Crippen LogP contribution in [-0.2, 0) is 21.3 Å². The minimum absolute atomic E-state index is 0. The molecule has 0 saturated heterocycles. The second-order valence-corrected chi connectivity index (χ2v) is 11.9. The molecule has 0 saturated carbocycles. The van der Waals surface area contributed by atoms with Gasteiger partial charge in [-0.25, -0.2) is 0 Å². The van der Waals surface area contributed by atoms with Gasteiger partial charge in [-0.15, -0.1) is 0 Å². The van der Waals surface area contributed by atoms with Gasteiger partial charge in [-0.1, -0.05) is 0 Å². The minimum Gasteiger partial charge on any atom is -1.00 e. The van der Waals surface area contributed by atoms with E-state index in [-0.39, 0.29) is 24.8 Å². The maximum Gasteiger partial charge on any atom is -1.00 e. The fourth-order valence-electron chi connectivity index (χ4n) is 2.98. The molecule has 0 aliphatic heterocycles. The van der Waals surface area contributed by atoms with E-state index in [1.165, 1.54) is 29.5 Å². The fourth-order valence-corrected chi connectivity index (χ4v) is 10.0. The summed E-state index contributed by atoms with van der Waals surface area (Å²) in [7, 11) is 0. The number of benzene rings is 1. The number of hydrogen-bond donors (Lipinski definition) is 0. The van der Waals surface area contributed by atoms with Gasteiger partial charge in [0.25, 0.3) is 0 Å². The molecular weight excluding hydrogens is 402 g/mol. The molecule has 120 valence electrons. The van der Waals surface area contributed by atoms with Crippen molar-refractivity contribution in [3.63, 3.8) is 0 Å². The van der Waals surface area contributed by atoms with Crippen LogP contribution >= 0.6 is 0 Å². The number of halogens is 2. The number of rotatable bonds is 3. The third kappa shape index (κ3) is 4.75. The van der Waals surface area contributed by atoms with Crippen molar-refractivity contribution >= 4 is 3.71 Å². The Morgan fingerprint density at radius 3 is 2.30 bits per heavy atom. The van der Waals surface area contributed by atoms with Crippen LogP contribution in [0.3, 0.4) is 0 Å². The van der Waals surface area contributed by atoms with Crippen molar-refractivity contribution in [3.05, 3.63) is 77.4 Å². The van der Waals surface area contributed by atoms with Crippen molar-refractivity contribution in [3.8, 4) is 0 Å². The Morgan fingerprint density at radius 1 is 1.00 bits per heavy atom. The SMILES string of the molecule is CC1=C(C)C[C]([Zr+2](=[CH]c2ccccc2C)[C]2=CC=CC2)=C1.[Cl-].[Cl-]. The molecule has 0 radical (unpaired) electrons. The van der Waals surface area contributed by atoms with E-state index in [1.54, 1.807) is 12.1 Å². The van der Waals surface area contributed by atoms with E-state index in [9.17, 15) is 0 Å². The van der Waals surface area contributed by atoms with E-state index in [4.69, 9.17) is 0 Å². The van der Waals surface area contributed by atoms with Crippen molar-refractivity contribution < 1.29 is 46.1 Å². The Kier molecular flexibility index (Phi) is 8.15. The van der Waals surface area contributed by atoms with Gasteiger partial charge < -0.3 is 24.8 Å². The predicted molar refractivity (Wildman–Crippen MR) is 89.3 cm³/mol. The first kappa shape index (κ1) is 20.6. The molecule has 1 aromatic rings. The van der Waals surface area contributed by atoms with Gasteiger partial charge in [-0.2, -0.15) is 0 Å². The summed E-state index contributed by atoms with van der Waals surface area (Å²) in [6.07, 6.45) is 11.8. The smallest absolute Gasteiger partial charge is 1.00 e. The Morgan fingerprint density at radius 2 is 1.74 bits per heavy atom. The summed E-state index contributed by atoms with van der Waals surface area (Å²) in [6.45, 7) is 6.78.